The fraction of sp³-hybridized carbons (Fsp3) is 0.600. The fourth-order valence-electron chi connectivity index (χ4n) is 1.87. The molecule has 102 valence electrons. The summed E-state index contributed by atoms with van der Waals surface area (Å²) in [6, 6.07) is -0.788. The summed E-state index contributed by atoms with van der Waals surface area (Å²) in [4.78, 5) is 28.1. The van der Waals surface area contributed by atoms with Gasteiger partial charge in [-0.05, 0) is 12.4 Å². The maximum atomic E-state index is 11.9. The number of H-pyrrole nitrogens is 1. The van der Waals surface area contributed by atoms with E-state index in [1.54, 1.807) is 0 Å². The average Bonchev–Trinajstić information content (AvgIpc) is 2.79. The zero-order valence-electron chi connectivity index (χ0n) is 13.6. The van der Waals surface area contributed by atoms with Crippen LogP contribution in [-0.4, -0.2) is 33.4 Å². The minimum absolute atomic E-state index is 0.0481. The van der Waals surface area contributed by atoms with E-state index in [0.717, 1.165) is 0 Å². The standard InChI is InChI=1S/C10H13N5O4/c1-5-3-15(10(18)12-9(5)17)8-2-6(13-14-11)7(4-16)19-8/h3,6-8,16H,2,4H2,1H3,(H,12,17,18)/t6-,7+,8+/m0/s1/i1D3,3D. The quantitative estimate of drug-likeness (QED) is 0.447. The van der Waals surface area contributed by atoms with E-state index in [1.807, 2.05) is 4.98 Å². The largest absolute Gasteiger partial charge is 0.394 e. The molecule has 1 aromatic rings. The molecule has 0 spiro atoms. The number of aromatic nitrogens is 2. The molecule has 2 N–H and O–H groups in total. The molecule has 1 saturated heterocycles. The Morgan fingerprint density at radius 1 is 1.84 bits per heavy atom. The lowest BCUT2D eigenvalue weighted by Gasteiger charge is -2.14. The van der Waals surface area contributed by atoms with Crippen LogP contribution in [0.1, 0.15) is 23.7 Å². The summed E-state index contributed by atoms with van der Waals surface area (Å²) in [5.41, 5.74) is 5.46. The Morgan fingerprint density at radius 2 is 2.63 bits per heavy atom. The van der Waals surface area contributed by atoms with Gasteiger partial charge in [0.25, 0.3) is 5.56 Å². The lowest BCUT2D eigenvalue weighted by Crippen LogP contribution is -2.33. The fourth-order valence-corrected chi connectivity index (χ4v) is 1.87. The second kappa shape index (κ2) is 5.27. The van der Waals surface area contributed by atoms with Crippen LogP contribution in [0.4, 0.5) is 0 Å². The number of azide groups is 1. The molecular formula is C10H13N5O4. The summed E-state index contributed by atoms with van der Waals surface area (Å²) in [6.07, 6.45) is -2.89. The molecule has 0 radical (unpaired) electrons. The Labute approximate surface area is 112 Å². The summed E-state index contributed by atoms with van der Waals surface area (Å²) in [5, 5.41) is 12.6. The van der Waals surface area contributed by atoms with Crippen molar-refractivity contribution in [3.05, 3.63) is 43.0 Å². The van der Waals surface area contributed by atoms with Crippen molar-refractivity contribution in [2.75, 3.05) is 6.61 Å². The SMILES string of the molecule is [2H]c1c(C([2H])([2H])[2H])c(=O)[nH]c(=O)n1[C@H]1C[C@H](N=[N+]=[N-])[C@@H](CO)O1. The number of aromatic amines is 1. The van der Waals surface area contributed by atoms with Gasteiger partial charge >= 0.3 is 5.69 Å². The molecule has 0 saturated carbocycles. The van der Waals surface area contributed by atoms with Crippen LogP contribution in [-0.2, 0) is 4.74 Å². The maximum Gasteiger partial charge on any atom is 0.330 e. The number of aliphatic hydroxyl groups excluding tert-OH is 1. The van der Waals surface area contributed by atoms with Gasteiger partial charge in [0, 0.05) is 27.2 Å². The van der Waals surface area contributed by atoms with Crippen molar-refractivity contribution in [3.63, 3.8) is 0 Å². The highest BCUT2D eigenvalue weighted by Crippen LogP contribution is 2.29. The number of ether oxygens (including phenoxy) is 1. The molecule has 2 rings (SSSR count). The third kappa shape index (κ3) is 2.53. The normalized spacial score (nSPS) is 29.8. The van der Waals surface area contributed by atoms with Crippen LogP contribution in [0, 0.1) is 6.85 Å². The van der Waals surface area contributed by atoms with Crippen molar-refractivity contribution >= 4 is 0 Å². The molecule has 0 aliphatic carbocycles. The third-order valence-corrected chi connectivity index (χ3v) is 2.77. The molecule has 1 aliphatic heterocycles. The summed E-state index contributed by atoms with van der Waals surface area (Å²) >= 11 is 0. The summed E-state index contributed by atoms with van der Waals surface area (Å²) < 4.78 is 35.8. The molecule has 0 unspecified atom stereocenters. The minimum Gasteiger partial charge on any atom is -0.394 e. The van der Waals surface area contributed by atoms with Gasteiger partial charge in [0.15, 0.2) is 0 Å². The molecule has 1 fully saturated rings. The van der Waals surface area contributed by atoms with Crippen molar-refractivity contribution in [2.45, 2.75) is 31.6 Å². The van der Waals surface area contributed by atoms with E-state index in [4.69, 9.17) is 15.8 Å². The van der Waals surface area contributed by atoms with Gasteiger partial charge < -0.3 is 9.84 Å². The van der Waals surface area contributed by atoms with Crippen LogP contribution >= 0.6 is 0 Å². The first kappa shape index (κ1) is 8.92. The topological polar surface area (TPSA) is 133 Å². The van der Waals surface area contributed by atoms with Crippen molar-refractivity contribution in [3.8, 4) is 0 Å². The zero-order chi connectivity index (χ0) is 17.4. The predicted molar refractivity (Wildman–Crippen MR) is 64.6 cm³/mol. The van der Waals surface area contributed by atoms with Gasteiger partial charge in [-0.25, -0.2) is 4.79 Å². The van der Waals surface area contributed by atoms with Gasteiger partial charge in [0.2, 0.25) is 0 Å². The average molecular weight is 271 g/mol. The maximum absolute atomic E-state index is 11.9. The minimum atomic E-state index is -2.89. The molecule has 19 heavy (non-hydrogen) atoms. The Kier molecular flexibility index (Phi) is 2.47. The molecule has 9 heteroatoms. The molecule has 0 amide bonds. The molecule has 0 aromatic carbocycles. The summed E-state index contributed by atoms with van der Waals surface area (Å²) in [7, 11) is 0. The smallest absolute Gasteiger partial charge is 0.330 e. The monoisotopic (exact) mass is 271 g/mol. The van der Waals surface area contributed by atoms with Crippen molar-refractivity contribution < 1.29 is 15.3 Å². The number of nitrogens with zero attached hydrogens (tertiary/aromatic N) is 4. The summed E-state index contributed by atoms with van der Waals surface area (Å²) in [5.74, 6) is 0. The van der Waals surface area contributed by atoms with Crippen molar-refractivity contribution in [2.24, 2.45) is 5.11 Å². The van der Waals surface area contributed by atoms with E-state index >= 15 is 0 Å². The van der Waals surface area contributed by atoms with E-state index in [-0.39, 0.29) is 6.42 Å². The first-order valence-electron chi connectivity index (χ1n) is 7.37. The van der Waals surface area contributed by atoms with Gasteiger partial charge in [0.1, 0.15) is 6.23 Å². The highest BCUT2D eigenvalue weighted by molar-refractivity contribution is 5.02. The molecule has 0 bridgehead atoms. The Bertz CT molecular complexity index is 766. The van der Waals surface area contributed by atoms with Gasteiger partial charge in [-0.2, -0.15) is 0 Å². The Morgan fingerprint density at radius 3 is 3.26 bits per heavy atom. The lowest BCUT2D eigenvalue weighted by molar-refractivity contribution is -0.0271. The van der Waals surface area contributed by atoms with Crippen LogP contribution < -0.4 is 11.2 Å². The van der Waals surface area contributed by atoms with Gasteiger partial charge in [-0.3, -0.25) is 14.3 Å². The third-order valence-electron chi connectivity index (χ3n) is 2.77. The van der Waals surface area contributed by atoms with Gasteiger partial charge in [-0.1, -0.05) is 5.11 Å². The second-order valence-corrected chi connectivity index (χ2v) is 3.94. The Hall–Kier alpha value is -2.09. The number of aliphatic hydroxyl groups is 1. The van der Waals surface area contributed by atoms with Gasteiger partial charge in [-0.15, -0.1) is 0 Å². The van der Waals surface area contributed by atoms with Crippen molar-refractivity contribution in [1.29, 1.82) is 0 Å². The number of hydrogen-bond donors (Lipinski definition) is 2. The van der Waals surface area contributed by atoms with E-state index < -0.39 is 54.8 Å². The van der Waals surface area contributed by atoms with E-state index in [2.05, 4.69) is 10.0 Å². The van der Waals surface area contributed by atoms with Crippen LogP contribution in [0.3, 0.4) is 0 Å². The number of hydrogen-bond acceptors (Lipinski definition) is 5. The van der Waals surface area contributed by atoms with Crippen LogP contribution in [0.15, 0.2) is 20.9 Å². The van der Waals surface area contributed by atoms with Crippen LogP contribution in [0.25, 0.3) is 10.4 Å². The predicted octanol–water partition coefficient (Wildman–Crippen LogP) is -0.196. The van der Waals surface area contributed by atoms with E-state index in [9.17, 15) is 14.7 Å². The van der Waals surface area contributed by atoms with E-state index in [1.165, 1.54) is 0 Å². The highest BCUT2D eigenvalue weighted by Gasteiger charge is 2.35. The molecule has 1 aliphatic rings. The van der Waals surface area contributed by atoms with Crippen LogP contribution in [0.2, 0.25) is 0 Å². The molecule has 2 heterocycles. The molecule has 3 atom stereocenters. The number of rotatable bonds is 3. The highest BCUT2D eigenvalue weighted by atomic mass is 16.5. The molecule has 9 nitrogen and oxygen atoms in total. The molecular weight excluding hydrogens is 254 g/mol. The lowest BCUT2D eigenvalue weighted by atomic mass is 10.1. The molecule has 1 aromatic heterocycles. The van der Waals surface area contributed by atoms with Crippen LogP contribution in [0.5, 0.6) is 0 Å². The van der Waals surface area contributed by atoms with E-state index in [0.29, 0.717) is 4.57 Å². The van der Waals surface area contributed by atoms with Crippen molar-refractivity contribution in [1.82, 2.24) is 9.55 Å². The Balaban J connectivity index is 2.55. The van der Waals surface area contributed by atoms with Gasteiger partial charge in [0.05, 0.1) is 20.1 Å². The first-order valence-corrected chi connectivity index (χ1v) is 5.37. The summed E-state index contributed by atoms with van der Waals surface area (Å²) in [6.45, 7) is -3.38. The number of nitrogens with one attached hydrogen (secondary N) is 1. The zero-order valence-corrected chi connectivity index (χ0v) is 9.61. The second-order valence-electron chi connectivity index (χ2n) is 3.94. The first-order chi connectivity index (χ1) is 10.7.